The van der Waals surface area contributed by atoms with Crippen LogP contribution in [0.4, 0.5) is 0 Å². The van der Waals surface area contributed by atoms with Gasteiger partial charge < -0.3 is 0 Å². The van der Waals surface area contributed by atoms with E-state index in [2.05, 4.69) is 37.1 Å². The monoisotopic (exact) mass is 201 g/mol. The topological polar surface area (TPSA) is 34.1 Å². The van der Waals surface area contributed by atoms with Gasteiger partial charge in [-0.05, 0) is 12.8 Å². The molecule has 4 heteroatoms. The Labute approximate surface area is 78.9 Å². The number of hydrogen-bond acceptors (Lipinski definition) is 3. The fourth-order valence-corrected chi connectivity index (χ4v) is 0.534. The second-order valence-corrected chi connectivity index (χ2v) is 1.88. The molecule has 2 nitrogen and oxygen atoms in total. The van der Waals surface area contributed by atoms with E-state index in [1.165, 1.54) is 5.56 Å². The molecule has 1 rings (SSSR count). The first kappa shape index (κ1) is 13.9. The summed E-state index contributed by atoms with van der Waals surface area (Å²) in [5, 5.41) is 0. The molecule has 64 valence electrons. The molecule has 0 bridgehead atoms. The van der Waals surface area contributed by atoms with Crippen LogP contribution >= 0.6 is 20.6 Å². The van der Waals surface area contributed by atoms with E-state index in [-0.39, 0.29) is 0 Å². The van der Waals surface area contributed by atoms with Gasteiger partial charge >= 0.3 is 17.5 Å². The standard InChI is InChI=1S/C7H8.CH2S.O2P/c1-7-5-3-2-4-6-7;1-2;1-3-2/h2-6H,1H3;1H2;/q;;+1. The summed E-state index contributed by atoms with van der Waals surface area (Å²) in [6.45, 7) is 2.08. The number of aryl methyl sites for hydroxylation is 1. The zero-order valence-corrected chi connectivity index (χ0v) is 8.48. The summed E-state index contributed by atoms with van der Waals surface area (Å²) in [7, 11) is -1.08. The Morgan fingerprint density at radius 2 is 1.50 bits per heavy atom. The molecule has 0 atom stereocenters. The normalized spacial score (nSPS) is 6.08. The van der Waals surface area contributed by atoms with Crippen LogP contribution in [0, 0.1) is 6.92 Å². The molecule has 0 radical (unpaired) electrons. The quantitative estimate of drug-likeness (QED) is 0.477. The molecule has 0 saturated heterocycles. The van der Waals surface area contributed by atoms with E-state index in [9.17, 15) is 0 Å². The zero-order chi connectivity index (χ0) is 9.82. The van der Waals surface area contributed by atoms with Crippen LogP contribution in [0.25, 0.3) is 0 Å². The Kier molecular flexibility index (Phi) is 15.0. The third kappa shape index (κ3) is 12.1. The van der Waals surface area contributed by atoms with Crippen LogP contribution in [0.1, 0.15) is 5.56 Å². The summed E-state index contributed by atoms with van der Waals surface area (Å²) in [6, 6.07) is 10.3. The van der Waals surface area contributed by atoms with Crippen molar-refractivity contribution < 1.29 is 9.13 Å². The fraction of sp³-hybridized carbons (Fsp3) is 0.125. The molecule has 0 spiro atoms. The molecule has 0 heterocycles. The van der Waals surface area contributed by atoms with Crippen LogP contribution in [0.15, 0.2) is 30.3 Å². The average molecular weight is 201 g/mol. The van der Waals surface area contributed by atoms with Gasteiger partial charge in [0.2, 0.25) is 0 Å². The van der Waals surface area contributed by atoms with Gasteiger partial charge in [-0.1, -0.05) is 48.1 Å². The third-order valence-corrected chi connectivity index (χ3v) is 0.940. The van der Waals surface area contributed by atoms with Crippen molar-refractivity contribution in [2.24, 2.45) is 0 Å². The molecule has 12 heavy (non-hydrogen) atoms. The van der Waals surface area contributed by atoms with Gasteiger partial charge in [-0.3, -0.25) is 0 Å². The summed E-state index contributed by atoms with van der Waals surface area (Å²) >= 11 is 3.83. The van der Waals surface area contributed by atoms with Gasteiger partial charge in [-0.2, -0.15) is 0 Å². The first-order chi connectivity index (χ1) is 5.81. The van der Waals surface area contributed by atoms with Gasteiger partial charge in [-0.15, -0.1) is 0 Å². The Morgan fingerprint density at radius 3 is 1.67 bits per heavy atom. The minimum atomic E-state index is -1.08. The number of hydrogen-bond donors (Lipinski definition) is 0. The van der Waals surface area contributed by atoms with E-state index in [1.54, 1.807) is 0 Å². The third-order valence-electron chi connectivity index (χ3n) is 0.940. The van der Waals surface area contributed by atoms with Gasteiger partial charge in [0, 0.05) is 0 Å². The van der Waals surface area contributed by atoms with Crippen LogP contribution in [0.3, 0.4) is 0 Å². The van der Waals surface area contributed by atoms with Gasteiger partial charge in [0.1, 0.15) is 0 Å². The van der Waals surface area contributed by atoms with E-state index in [0.717, 1.165) is 0 Å². The maximum atomic E-state index is 8.35. The number of benzene rings is 1. The van der Waals surface area contributed by atoms with Crippen molar-refractivity contribution in [1.82, 2.24) is 0 Å². The summed E-state index contributed by atoms with van der Waals surface area (Å²) in [6.07, 6.45) is 0. The zero-order valence-electron chi connectivity index (χ0n) is 6.77. The fourth-order valence-electron chi connectivity index (χ4n) is 0.534. The van der Waals surface area contributed by atoms with Crippen molar-refractivity contribution in [1.29, 1.82) is 0 Å². The van der Waals surface area contributed by atoms with Crippen molar-refractivity contribution in [3.63, 3.8) is 0 Å². The molecule has 0 fully saturated rings. The summed E-state index contributed by atoms with van der Waals surface area (Å²) in [5.41, 5.74) is 1.32. The Hall–Kier alpha value is -0.660. The van der Waals surface area contributed by atoms with Crippen LogP contribution in [-0.4, -0.2) is 5.87 Å². The average Bonchev–Trinajstić information content (AvgIpc) is 2.11. The van der Waals surface area contributed by atoms with Crippen LogP contribution < -0.4 is 0 Å². The van der Waals surface area contributed by atoms with Gasteiger partial charge in [0.25, 0.3) is 0 Å². The predicted molar refractivity (Wildman–Crippen MR) is 54.2 cm³/mol. The molecule has 0 aliphatic heterocycles. The van der Waals surface area contributed by atoms with Crippen molar-refractivity contribution >= 4 is 26.4 Å². The van der Waals surface area contributed by atoms with E-state index in [1.807, 2.05) is 18.2 Å². The Balaban J connectivity index is 0. The van der Waals surface area contributed by atoms with Crippen LogP contribution in [-0.2, 0) is 9.13 Å². The van der Waals surface area contributed by atoms with Crippen molar-refractivity contribution in [2.75, 3.05) is 0 Å². The summed E-state index contributed by atoms with van der Waals surface area (Å²) in [4.78, 5) is 0. The second-order valence-electron chi connectivity index (χ2n) is 1.73. The first-order valence-corrected chi connectivity index (χ1v) is 4.37. The molecule has 0 unspecified atom stereocenters. The molecular weight excluding hydrogens is 191 g/mol. The molecule has 0 aliphatic carbocycles. The molecule has 1 aromatic rings. The van der Waals surface area contributed by atoms with Crippen LogP contribution in [0.2, 0.25) is 0 Å². The van der Waals surface area contributed by atoms with Gasteiger partial charge in [0.15, 0.2) is 0 Å². The van der Waals surface area contributed by atoms with Crippen molar-refractivity contribution in [3.05, 3.63) is 35.9 Å². The first-order valence-electron chi connectivity index (χ1n) is 3.06. The SMILES string of the molecule is C=S.Cc1ccccc1.O=[P+]=O. The molecule has 1 aromatic carbocycles. The molecule has 0 aromatic heterocycles. The van der Waals surface area contributed by atoms with Gasteiger partial charge in [-0.25, -0.2) is 0 Å². The molecule has 0 N–H and O–H groups in total. The maximum absolute atomic E-state index is 8.35. The van der Waals surface area contributed by atoms with E-state index >= 15 is 0 Å². The van der Waals surface area contributed by atoms with Crippen molar-refractivity contribution in [3.8, 4) is 0 Å². The van der Waals surface area contributed by atoms with E-state index in [0.29, 0.717) is 0 Å². The minimum absolute atomic E-state index is 1.08. The molecule has 0 amide bonds. The molecule has 0 saturated carbocycles. The number of rotatable bonds is 0. The predicted octanol–water partition coefficient (Wildman–Crippen LogP) is 3.23. The molecular formula is C8H10O2PS+. The second kappa shape index (κ2) is 13.0. The Bertz CT molecular complexity index is 220. The molecule has 0 aliphatic rings. The van der Waals surface area contributed by atoms with Crippen molar-refractivity contribution in [2.45, 2.75) is 6.92 Å². The number of thiocarbonyl (C=S) groups is 1. The van der Waals surface area contributed by atoms with E-state index < -0.39 is 8.34 Å². The summed E-state index contributed by atoms with van der Waals surface area (Å²) in [5.74, 6) is 2.83. The summed E-state index contributed by atoms with van der Waals surface area (Å²) < 4.78 is 16.7. The van der Waals surface area contributed by atoms with Gasteiger partial charge in [0.05, 0.1) is 0 Å². The van der Waals surface area contributed by atoms with Crippen LogP contribution in [0.5, 0.6) is 0 Å². The Morgan fingerprint density at radius 1 is 1.17 bits per heavy atom. The van der Waals surface area contributed by atoms with E-state index in [4.69, 9.17) is 9.13 Å².